The molecule has 220 valence electrons. The molecule has 1 amide bonds. The Hall–Kier alpha value is -3.94. The van der Waals surface area contributed by atoms with Crippen molar-refractivity contribution in [2.24, 2.45) is 10.7 Å². The number of carbonyl (C=O) groups excluding carboxylic acids is 1. The molecule has 1 aromatic rings. The van der Waals surface area contributed by atoms with Crippen LogP contribution in [0.3, 0.4) is 0 Å². The van der Waals surface area contributed by atoms with Crippen LogP contribution in [0.2, 0.25) is 0 Å². The van der Waals surface area contributed by atoms with Gasteiger partial charge in [-0.25, -0.2) is 18.4 Å². The van der Waals surface area contributed by atoms with Gasteiger partial charge >= 0.3 is 6.18 Å². The van der Waals surface area contributed by atoms with E-state index >= 15 is 0 Å². The predicted molar refractivity (Wildman–Crippen MR) is 153 cm³/mol. The molecule has 40 heavy (non-hydrogen) atoms. The zero-order chi connectivity index (χ0) is 30.2. The standard InChI is InChI=1S/C20H24F3N7O3S.C6H12/c1-5-15(11-14(2)17(24)31)28-19-27-12-16(20(21,22)23)18(29-19)26-10-8-6-7-9-25-13-30(3)34(4,32)33;1-2-4-6-5-3-1/h5-9,11-13H,1-2,10H2,3-4H3,(H2,24,31)(H2,26,27,28,29);1-6H2/b8-6+,9-7-,15-11+,25-13?;. The van der Waals surface area contributed by atoms with Crippen LogP contribution >= 0.6 is 0 Å². The van der Waals surface area contributed by atoms with Gasteiger partial charge in [-0.1, -0.05) is 63.8 Å². The van der Waals surface area contributed by atoms with Gasteiger partial charge in [-0.3, -0.25) is 9.10 Å². The fourth-order valence-electron chi connectivity index (χ4n) is 3.00. The first-order valence-electron chi connectivity index (χ1n) is 12.3. The third-order valence-corrected chi connectivity index (χ3v) is 6.42. The molecule has 1 saturated carbocycles. The van der Waals surface area contributed by atoms with Gasteiger partial charge in [0, 0.05) is 37.3 Å². The number of nitrogens with two attached hydrogens (primary N) is 1. The molecule has 14 heteroatoms. The predicted octanol–water partition coefficient (Wildman–Crippen LogP) is 4.76. The number of nitrogens with one attached hydrogen (secondary N) is 2. The number of aromatic nitrogens is 2. The van der Waals surface area contributed by atoms with Gasteiger partial charge in [0.15, 0.2) is 0 Å². The second-order valence-corrected chi connectivity index (χ2v) is 10.6. The normalized spacial score (nSPS) is 14.6. The van der Waals surface area contributed by atoms with Gasteiger partial charge in [0.2, 0.25) is 21.9 Å². The minimum atomic E-state index is -4.71. The average molecular weight is 584 g/mol. The highest BCUT2D eigenvalue weighted by Crippen LogP contribution is 2.33. The van der Waals surface area contributed by atoms with Crippen LogP contribution in [0.4, 0.5) is 24.9 Å². The molecule has 0 spiro atoms. The second kappa shape index (κ2) is 16.9. The maximum atomic E-state index is 13.3. The number of hydrogen-bond donors (Lipinski definition) is 3. The number of halogens is 3. The highest BCUT2D eigenvalue weighted by molar-refractivity contribution is 7.88. The topological polar surface area (TPSA) is 143 Å². The molecule has 1 aliphatic rings. The quantitative estimate of drug-likeness (QED) is 0.139. The van der Waals surface area contributed by atoms with Crippen LogP contribution in [0.1, 0.15) is 44.1 Å². The molecular weight excluding hydrogens is 547 g/mol. The van der Waals surface area contributed by atoms with E-state index in [1.165, 1.54) is 82.2 Å². The Kier molecular flexibility index (Phi) is 14.4. The van der Waals surface area contributed by atoms with Crippen molar-refractivity contribution in [1.82, 2.24) is 14.3 Å². The maximum Gasteiger partial charge on any atom is 0.421 e. The number of sulfonamides is 1. The van der Waals surface area contributed by atoms with Crippen molar-refractivity contribution < 1.29 is 26.4 Å². The molecular formula is C26H36F3N7O3S. The highest BCUT2D eigenvalue weighted by atomic mass is 32.2. The Morgan fingerprint density at radius 3 is 2.30 bits per heavy atom. The smallest absolute Gasteiger partial charge is 0.366 e. The van der Waals surface area contributed by atoms with Crippen LogP contribution in [0.15, 0.2) is 72.2 Å². The largest absolute Gasteiger partial charge is 0.421 e. The van der Waals surface area contributed by atoms with Crippen molar-refractivity contribution >= 4 is 34.0 Å². The van der Waals surface area contributed by atoms with Crippen LogP contribution < -0.4 is 16.4 Å². The zero-order valence-electron chi connectivity index (χ0n) is 22.6. The van der Waals surface area contributed by atoms with Gasteiger partial charge in [0.05, 0.1) is 6.26 Å². The van der Waals surface area contributed by atoms with Crippen molar-refractivity contribution in [3.05, 3.63) is 72.8 Å². The van der Waals surface area contributed by atoms with Crippen LogP contribution in [0.25, 0.3) is 0 Å². The number of anilines is 2. The summed E-state index contributed by atoms with van der Waals surface area (Å²) in [4.78, 5) is 22.4. The summed E-state index contributed by atoms with van der Waals surface area (Å²) in [5, 5.41) is 5.18. The zero-order valence-corrected chi connectivity index (χ0v) is 23.4. The van der Waals surface area contributed by atoms with Crippen LogP contribution in [0, 0.1) is 0 Å². The molecule has 1 aliphatic carbocycles. The van der Waals surface area contributed by atoms with E-state index in [2.05, 4.69) is 38.8 Å². The molecule has 4 N–H and O–H groups in total. The summed E-state index contributed by atoms with van der Waals surface area (Å²) in [5.74, 6) is -1.46. The minimum absolute atomic E-state index is 0.0283. The van der Waals surface area contributed by atoms with Gasteiger partial charge < -0.3 is 16.4 Å². The van der Waals surface area contributed by atoms with Crippen LogP contribution in [0.5, 0.6) is 0 Å². The first-order valence-corrected chi connectivity index (χ1v) is 14.2. The minimum Gasteiger partial charge on any atom is -0.366 e. The monoisotopic (exact) mass is 583 g/mol. The molecule has 0 radical (unpaired) electrons. The van der Waals surface area contributed by atoms with Crippen LogP contribution in [-0.4, -0.2) is 54.8 Å². The molecule has 0 aliphatic heterocycles. The first kappa shape index (κ1) is 34.1. The molecule has 0 aromatic carbocycles. The number of alkyl halides is 3. The fourth-order valence-corrected chi connectivity index (χ4v) is 3.22. The van der Waals surface area contributed by atoms with Crippen molar-refractivity contribution in [2.75, 3.05) is 30.5 Å². The van der Waals surface area contributed by atoms with Gasteiger partial charge in [-0.2, -0.15) is 18.2 Å². The molecule has 1 fully saturated rings. The van der Waals surface area contributed by atoms with E-state index in [1.807, 2.05) is 0 Å². The van der Waals surface area contributed by atoms with E-state index in [9.17, 15) is 26.4 Å². The number of rotatable bonds is 12. The molecule has 0 atom stereocenters. The Morgan fingerprint density at radius 1 is 1.20 bits per heavy atom. The summed E-state index contributed by atoms with van der Waals surface area (Å²) in [6.07, 6.45) is 15.3. The molecule has 1 aromatic heterocycles. The molecule has 0 unspecified atom stereocenters. The highest BCUT2D eigenvalue weighted by Gasteiger charge is 2.35. The summed E-state index contributed by atoms with van der Waals surface area (Å²) >= 11 is 0. The lowest BCUT2D eigenvalue weighted by molar-refractivity contribution is -0.137. The Bertz CT molecular complexity index is 1220. The third kappa shape index (κ3) is 13.7. The summed E-state index contributed by atoms with van der Waals surface area (Å²) in [6, 6.07) is 0. The average Bonchev–Trinajstić information content (AvgIpc) is 2.89. The number of allylic oxidation sites excluding steroid dienone is 3. The fraction of sp³-hybridized carbons (Fsp3) is 0.385. The second-order valence-electron chi connectivity index (χ2n) is 8.59. The number of amides is 1. The van der Waals surface area contributed by atoms with Crippen molar-refractivity contribution in [3.8, 4) is 0 Å². The lowest BCUT2D eigenvalue weighted by atomic mass is 10.0. The van der Waals surface area contributed by atoms with E-state index in [1.54, 1.807) is 0 Å². The summed E-state index contributed by atoms with van der Waals surface area (Å²) in [7, 11) is -2.08. The Balaban J connectivity index is 0.00000117. The van der Waals surface area contributed by atoms with Gasteiger partial charge in [-0.15, -0.1) is 0 Å². The van der Waals surface area contributed by atoms with E-state index in [0.717, 1.165) is 16.9 Å². The van der Waals surface area contributed by atoms with E-state index < -0.39 is 33.5 Å². The number of nitrogens with zero attached hydrogens (tertiary/aromatic N) is 4. The van der Waals surface area contributed by atoms with E-state index in [-0.39, 0.29) is 23.8 Å². The summed E-state index contributed by atoms with van der Waals surface area (Å²) in [6.45, 7) is 6.95. The van der Waals surface area contributed by atoms with Crippen molar-refractivity contribution in [2.45, 2.75) is 44.7 Å². The number of hydrogen-bond acceptors (Lipinski definition) is 8. The Labute approximate surface area is 233 Å². The lowest BCUT2D eigenvalue weighted by Gasteiger charge is -2.14. The number of carbonyl (C=O) groups is 1. The maximum absolute atomic E-state index is 13.3. The SMILES string of the molecule is C1CCCCC1.C=C/C(=C\C(=C)C(N)=O)Nc1ncc(C(F)(F)F)c(NC/C=C/C=C\N=CN(C)S(C)(=O)=O)n1. The van der Waals surface area contributed by atoms with E-state index in [0.29, 0.717) is 6.20 Å². The Morgan fingerprint density at radius 2 is 1.80 bits per heavy atom. The number of primary amides is 1. The molecule has 1 heterocycles. The summed E-state index contributed by atoms with van der Waals surface area (Å²) in [5.41, 5.74) is 4.16. The molecule has 2 rings (SSSR count). The summed E-state index contributed by atoms with van der Waals surface area (Å²) < 4.78 is 63.3. The first-order chi connectivity index (χ1) is 18.8. The van der Waals surface area contributed by atoms with Gasteiger partial charge in [-0.05, 0) is 18.2 Å². The van der Waals surface area contributed by atoms with Crippen LogP contribution in [-0.2, 0) is 21.0 Å². The van der Waals surface area contributed by atoms with Gasteiger partial charge in [0.25, 0.3) is 0 Å². The third-order valence-electron chi connectivity index (χ3n) is 5.28. The molecule has 0 bridgehead atoms. The molecule has 10 nitrogen and oxygen atoms in total. The van der Waals surface area contributed by atoms with Gasteiger partial charge in [0.1, 0.15) is 17.7 Å². The van der Waals surface area contributed by atoms with E-state index in [4.69, 9.17) is 5.73 Å². The van der Waals surface area contributed by atoms with Crippen molar-refractivity contribution in [3.63, 3.8) is 0 Å². The lowest BCUT2D eigenvalue weighted by Crippen LogP contribution is -2.23. The molecule has 0 saturated heterocycles. The van der Waals surface area contributed by atoms with Crippen molar-refractivity contribution in [1.29, 1.82) is 0 Å². The number of aliphatic imine (C=N–C) groups is 1.